The van der Waals surface area contributed by atoms with Gasteiger partial charge >= 0.3 is 0 Å². The smallest absolute Gasteiger partial charge is 0.276 e. The van der Waals surface area contributed by atoms with E-state index in [9.17, 15) is 23.9 Å². The van der Waals surface area contributed by atoms with Gasteiger partial charge in [-0.3, -0.25) is 19.1 Å². The molecule has 1 aliphatic rings. The fourth-order valence-electron chi connectivity index (χ4n) is 3.65. The molecule has 8 nitrogen and oxygen atoms in total. The van der Waals surface area contributed by atoms with Gasteiger partial charge in [0.15, 0.2) is 11.4 Å². The summed E-state index contributed by atoms with van der Waals surface area (Å²) in [5.74, 6) is -2.27. The van der Waals surface area contributed by atoms with Crippen LogP contribution in [0.4, 0.5) is 4.39 Å². The van der Waals surface area contributed by atoms with Crippen LogP contribution in [0.15, 0.2) is 29.2 Å². The molecular weight excluding hydrogens is 403 g/mol. The first-order chi connectivity index (χ1) is 14.7. The zero-order valence-electron chi connectivity index (χ0n) is 17.9. The summed E-state index contributed by atoms with van der Waals surface area (Å²) < 4.78 is 14.7. The molecule has 1 aliphatic heterocycles. The summed E-state index contributed by atoms with van der Waals surface area (Å²) in [6.07, 6.45) is 2.88. The number of halogens is 1. The summed E-state index contributed by atoms with van der Waals surface area (Å²) in [4.78, 5) is 40.1. The molecule has 1 aromatic heterocycles. The summed E-state index contributed by atoms with van der Waals surface area (Å²) in [6, 6.07) is 4.21. The Morgan fingerprint density at radius 3 is 2.61 bits per heavy atom. The van der Waals surface area contributed by atoms with E-state index in [2.05, 4.69) is 5.32 Å². The number of pyridine rings is 1. The Bertz CT molecular complexity index is 1070. The van der Waals surface area contributed by atoms with Crippen molar-refractivity contribution in [1.82, 2.24) is 14.9 Å². The third-order valence-electron chi connectivity index (χ3n) is 5.55. The number of hydrogen-bond acceptors (Lipinski definition) is 5. The number of amides is 2. The fourth-order valence-corrected chi connectivity index (χ4v) is 3.65. The van der Waals surface area contributed by atoms with Crippen molar-refractivity contribution in [2.75, 3.05) is 31.7 Å². The maximum atomic E-state index is 13.3. The van der Waals surface area contributed by atoms with Gasteiger partial charge in [0.2, 0.25) is 5.43 Å². The van der Waals surface area contributed by atoms with E-state index in [0.29, 0.717) is 30.8 Å². The van der Waals surface area contributed by atoms with Gasteiger partial charge in [0.1, 0.15) is 11.4 Å². The lowest BCUT2D eigenvalue weighted by atomic mass is 10.1. The van der Waals surface area contributed by atoms with Gasteiger partial charge in [0.25, 0.3) is 11.8 Å². The molecule has 0 bridgehead atoms. The van der Waals surface area contributed by atoms with E-state index in [1.165, 1.54) is 23.0 Å². The molecule has 0 saturated carbocycles. The van der Waals surface area contributed by atoms with Gasteiger partial charge in [-0.25, -0.2) is 4.39 Å². The molecule has 0 unspecified atom stereocenters. The number of fused-ring (bicyclic) bond motifs is 1. The van der Waals surface area contributed by atoms with E-state index in [-0.39, 0.29) is 23.6 Å². The fraction of sp³-hybridized carbons (Fsp3) is 0.409. The number of aryl methyl sites for hydroxylation is 1. The second-order valence-corrected chi connectivity index (χ2v) is 7.64. The molecule has 2 N–H and O–H groups in total. The highest BCUT2D eigenvalue weighted by atomic mass is 19.1. The van der Waals surface area contributed by atoms with Gasteiger partial charge in [0.05, 0.1) is 0 Å². The summed E-state index contributed by atoms with van der Waals surface area (Å²) >= 11 is 0. The number of nitrogens with one attached hydrogen (secondary N) is 1. The Morgan fingerprint density at radius 2 is 1.94 bits per heavy atom. The molecule has 9 heteroatoms. The second-order valence-electron chi connectivity index (χ2n) is 7.64. The van der Waals surface area contributed by atoms with Crippen molar-refractivity contribution < 1.29 is 19.1 Å². The minimum atomic E-state index is -0.906. The predicted molar refractivity (Wildman–Crippen MR) is 114 cm³/mol. The van der Waals surface area contributed by atoms with E-state index >= 15 is 0 Å². The number of aromatic hydroxyl groups is 1. The van der Waals surface area contributed by atoms with E-state index < -0.39 is 23.0 Å². The minimum absolute atomic E-state index is 0.0886. The highest BCUT2D eigenvalue weighted by Crippen LogP contribution is 2.19. The van der Waals surface area contributed by atoms with Crippen molar-refractivity contribution in [3.63, 3.8) is 0 Å². The van der Waals surface area contributed by atoms with Gasteiger partial charge < -0.3 is 20.3 Å². The van der Waals surface area contributed by atoms with Crippen molar-refractivity contribution in [1.29, 1.82) is 0 Å². The van der Waals surface area contributed by atoms with Gasteiger partial charge in [-0.05, 0) is 49.9 Å². The first-order valence-corrected chi connectivity index (χ1v) is 10.3. The monoisotopic (exact) mass is 430 g/mol. The van der Waals surface area contributed by atoms with Crippen molar-refractivity contribution >= 4 is 11.8 Å². The number of aromatic nitrogens is 1. The average Bonchev–Trinajstić information content (AvgIpc) is 2.79. The number of benzene rings is 1. The molecular formula is C22H27FN4O4. The molecule has 166 valence electrons. The predicted octanol–water partition coefficient (Wildman–Crippen LogP) is 1.76. The molecule has 0 aliphatic carbocycles. The SMILES string of the molecule is CCN1CCCCN(C)n2cc(C(=O)NCc3ccc(F)cc3C)c(=O)c(O)c2C1=O. The van der Waals surface area contributed by atoms with Crippen LogP contribution in [0.5, 0.6) is 5.75 Å². The maximum Gasteiger partial charge on any atom is 0.276 e. The van der Waals surface area contributed by atoms with Crippen LogP contribution in [0, 0.1) is 12.7 Å². The number of rotatable bonds is 4. The lowest BCUT2D eigenvalue weighted by molar-refractivity contribution is 0.0748. The zero-order chi connectivity index (χ0) is 22.7. The molecule has 0 spiro atoms. The molecule has 2 heterocycles. The Hall–Kier alpha value is -3.36. The van der Waals surface area contributed by atoms with Crippen LogP contribution in [-0.2, 0) is 6.54 Å². The third kappa shape index (κ3) is 4.55. The lowest BCUT2D eigenvalue weighted by Gasteiger charge is -2.26. The molecule has 0 radical (unpaired) electrons. The number of nitrogens with zero attached hydrogens (tertiary/aromatic N) is 3. The molecule has 3 rings (SSSR count). The molecule has 0 saturated heterocycles. The third-order valence-corrected chi connectivity index (χ3v) is 5.55. The number of hydrogen-bond donors (Lipinski definition) is 2. The normalized spacial score (nSPS) is 14.5. The van der Waals surface area contributed by atoms with Gasteiger partial charge in [-0.2, -0.15) is 0 Å². The number of carbonyl (C=O) groups is 2. The Balaban J connectivity index is 1.97. The highest BCUT2D eigenvalue weighted by Gasteiger charge is 2.29. The van der Waals surface area contributed by atoms with E-state index in [1.54, 1.807) is 29.9 Å². The van der Waals surface area contributed by atoms with Crippen molar-refractivity contribution in [2.45, 2.75) is 33.2 Å². The largest absolute Gasteiger partial charge is 0.502 e. The standard InChI is InChI=1S/C22H27FN4O4/c1-4-26-10-6-5-9-25(3)27-13-17(19(28)20(29)18(27)22(26)31)21(30)24-12-15-7-8-16(23)11-14(15)2/h7-8,11,13,29H,4-6,9-10,12H2,1-3H3,(H,24,30). The Labute approximate surface area is 179 Å². The maximum absolute atomic E-state index is 13.3. The molecule has 0 atom stereocenters. The second kappa shape index (κ2) is 9.20. The van der Waals surface area contributed by atoms with Crippen LogP contribution in [0.1, 0.15) is 51.7 Å². The molecule has 2 amide bonds. The summed E-state index contributed by atoms with van der Waals surface area (Å²) in [6.45, 7) is 5.19. The quantitative estimate of drug-likeness (QED) is 0.771. The van der Waals surface area contributed by atoms with Crippen LogP contribution in [0.2, 0.25) is 0 Å². The highest BCUT2D eigenvalue weighted by molar-refractivity contribution is 5.98. The van der Waals surface area contributed by atoms with Crippen molar-refractivity contribution in [2.24, 2.45) is 0 Å². The van der Waals surface area contributed by atoms with E-state index in [4.69, 9.17) is 0 Å². The molecule has 2 aromatic rings. The number of carbonyl (C=O) groups excluding carboxylic acids is 2. The summed E-state index contributed by atoms with van der Waals surface area (Å²) in [5, 5.41) is 15.0. The molecule has 0 fully saturated rings. The van der Waals surface area contributed by atoms with E-state index in [1.807, 2.05) is 6.92 Å². The molecule has 31 heavy (non-hydrogen) atoms. The van der Waals surface area contributed by atoms with Gasteiger partial charge in [-0.15, -0.1) is 0 Å². The lowest BCUT2D eigenvalue weighted by Crippen LogP contribution is -2.40. The molecule has 1 aromatic carbocycles. The van der Waals surface area contributed by atoms with E-state index in [0.717, 1.165) is 12.8 Å². The first-order valence-electron chi connectivity index (χ1n) is 10.3. The van der Waals surface area contributed by atoms with Gasteiger partial charge in [0, 0.05) is 39.4 Å². The van der Waals surface area contributed by atoms with Gasteiger partial charge in [-0.1, -0.05) is 6.07 Å². The topological polar surface area (TPSA) is 94.9 Å². The van der Waals surface area contributed by atoms with Crippen LogP contribution in [0.3, 0.4) is 0 Å². The zero-order valence-corrected chi connectivity index (χ0v) is 17.9. The van der Waals surface area contributed by atoms with Crippen molar-refractivity contribution in [3.05, 3.63) is 62.8 Å². The van der Waals surface area contributed by atoms with Crippen LogP contribution >= 0.6 is 0 Å². The Kier molecular flexibility index (Phi) is 6.62. The average molecular weight is 430 g/mol. The van der Waals surface area contributed by atoms with Crippen LogP contribution in [0.25, 0.3) is 0 Å². The first kappa shape index (κ1) is 22.3. The van der Waals surface area contributed by atoms with Crippen LogP contribution < -0.4 is 15.8 Å². The minimum Gasteiger partial charge on any atom is -0.502 e. The van der Waals surface area contributed by atoms with Crippen molar-refractivity contribution in [3.8, 4) is 5.75 Å². The summed E-state index contributed by atoms with van der Waals surface area (Å²) in [5.41, 5.74) is 0.0359. The summed E-state index contributed by atoms with van der Waals surface area (Å²) in [7, 11) is 1.73. The van der Waals surface area contributed by atoms with Crippen LogP contribution in [-0.4, -0.2) is 53.2 Å². The Morgan fingerprint density at radius 1 is 1.23 bits per heavy atom.